The number of halogens is 2. The molecule has 154 valence electrons. The molecule has 3 rings (SSSR count). The van der Waals surface area contributed by atoms with Crippen molar-refractivity contribution in [1.82, 2.24) is 14.5 Å². The number of nitrogens with zero attached hydrogens (tertiary/aromatic N) is 3. The van der Waals surface area contributed by atoms with Gasteiger partial charge >= 0.3 is 0 Å². The van der Waals surface area contributed by atoms with Crippen LogP contribution in [0.3, 0.4) is 0 Å². The summed E-state index contributed by atoms with van der Waals surface area (Å²) in [5.74, 6) is -0.500. The van der Waals surface area contributed by atoms with Gasteiger partial charge in [-0.2, -0.15) is 0 Å². The maximum Gasteiger partial charge on any atom is 0.257 e. The minimum atomic E-state index is -0.526. The molecule has 0 saturated carbocycles. The predicted molar refractivity (Wildman–Crippen MR) is 111 cm³/mol. The molecule has 4 nitrogen and oxygen atoms in total. The number of fused-ring (bicyclic) bond motifs is 1. The number of aryl methyl sites for hydroxylation is 1. The highest BCUT2D eigenvalue weighted by Gasteiger charge is 2.22. The third kappa shape index (κ3) is 4.81. The quantitative estimate of drug-likeness (QED) is 0.442. The predicted octanol–water partition coefficient (Wildman–Crippen LogP) is 5.56. The molecule has 0 saturated heterocycles. The third-order valence-corrected chi connectivity index (χ3v) is 4.99. The summed E-state index contributed by atoms with van der Waals surface area (Å²) < 4.78 is 30.0. The van der Waals surface area contributed by atoms with E-state index in [9.17, 15) is 13.6 Å². The number of carbonyl (C=O) groups excluding carboxylic acids is 1. The normalized spacial score (nSPS) is 11.2. The van der Waals surface area contributed by atoms with Crippen LogP contribution in [0, 0.1) is 11.6 Å². The first-order valence-corrected chi connectivity index (χ1v) is 10.2. The third-order valence-electron chi connectivity index (χ3n) is 4.99. The van der Waals surface area contributed by atoms with Crippen LogP contribution >= 0.6 is 0 Å². The zero-order valence-electron chi connectivity index (χ0n) is 17.0. The fraction of sp³-hybridized carbons (Fsp3) is 0.391. The molecule has 0 radical (unpaired) electrons. The fourth-order valence-electron chi connectivity index (χ4n) is 3.52. The minimum Gasteiger partial charge on any atom is -0.331 e. The van der Waals surface area contributed by atoms with Crippen LogP contribution in [0.15, 0.2) is 42.5 Å². The molecule has 0 spiro atoms. The monoisotopic (exact) mass is 399 g/mol. The summed E-state index contributed by atoms with van der Waals surface area (Å²) in [6, 6.07) is 10.6. The van der Waals surface area contributed by atoms with E-state index in [2.05, 4.69) is 11.9 Å². The fourth-order valence-corrected chi connectivity index (χ4v) is 3.52. The lowest BCUT2D eigenvalue weighted by Crippen LogP contribution is -2.33. The molecule has 2 aromatic carbocycles. The van der Waals surface area contributed by atoms with Crippen LogP contribution in [0.2, 0.25) is 0 Å². The lowest BCUT2D eigenvalue weighted by atomic mass is 10.1. The Morgan fingerprint density at radius 3 is 2.59 bits per heavy atom. The molecule has 1 amide bonds. The first-order valence-electron chi connectivity index (χ1n) is 10.2. The summed E-state index contributed by atoms with van der Waals surface area (Å²) in [6.07, 6.45) is 3.69. The topological polar surface area (TPSA) is 38.1 Å². The first-order chi connectivity index (χ1) is 14.0. The minimum absolute atomic E-state index is 0.0631. The number of benzene rings is 2. The Labute approximate surface area is 170 Å². The van der Waals surface area contributed by atoms with E-state index in [1.807, 2.05) is 11.5 Å². The maximum absolute atomic E-state index is 14.2. The van der Waals surface area contributed by atoms with Crippen molar-refractivity contribution in [3.8, 4) is 0 Å². The Hall–Kier alpha value is -2.76. The van der Waals surface area contributed by atoms with E-state index in [1.165, 1.54) is 24.3 Å². The number of carbonyl (C=O) groups is 1. The lowest BCUT2D eigenvalue weighted by Gasteiger charge is -2.23. The van der Waals surface area contributed by atoms with Crippen molar-refractivity contribution < 1.29 is 13.6 Å². The second-order valence-corrected chi connectivity index (χ2v) is 7.23. The highest BCUT2D eigenvalue weighted by atomic mass is 19.1. The van der Waals surface area contributed by atoms with E-state index in [4.69, 9.17) is 0 Å². The van der Waals surface area contributed by atoms with Gasteiger partial charge in [0.25, 0.3) is 5.91 Å². The molecule has 0 atom stereocenters. The smallest absolute Gasteiger partial charge is 0.257 e. The molecule has 1 aromatic heterocycles. The number of aromatic nitrogens is 2. The van der Waals surface area contributed by atoms with Gasteiger partial charge in [0.05, 0.1) is 23.1 Å². The van der Waals surface area contributed by atoms with Crippen LogP contribution < -0.4 is 0 Å². The first kappa shape index (κ1) is 21.0. The van der Waals surface area contributed by atoms with Gasteiger partial charge in [0.15, 0.2) is 0 Å². The average Bonchev–Trinajstić information content (AvgIpc) is 3.04. The molecule has 1 heterocycles. The van der Waals surface area contributed by atoms with Crippen molar-refractivity contribution in [1.29, 1.82) is 0 Å². The molecule has 0 unspecified atom stereocenters. The Morgan fingerprint density at radius 1 is 1.07 bits per heavy atom. The van der Waals surface area contributed by atoms with Gasteiger partial charge in [-0.05, 0) is 43.2 Å². The van der Waals surface area contributed by atoms with Crippen molar-refractivity contribution in [2.45, 2.75) is 52.6 Å². The molecule has 0 fully saturated rings. The molecule has 29 heavy (non-hydrogen) atoms. The Kier molecular flexibility index (Phi) is 6.96. The Balaban J connectivity index is 1.96. The van der Waals surface area contributed by atoms with Gasteiger partial charge in [-0.15, -0.1) is 0 Å². The molecule has 0 aliphatic carbocycles. The standard InChI is InChI=1S/C23H27F2N3O/c1-3-5-8-14-27(23(29)18-9-6-7-10-19(18)25)16-22-26-20-12-11-17(24)15-21(20)28(22)13-4-2/h6-7,9-12,15H,3-5,8,13-14,16H2,1-2H3. The summed E-state index contributed by atoms with van der Waals surface area (Å²) in [5, 5.41) is 0. The molecular weight excluding hydrogens is 372 g/mol. The van der Waals surface area contributed by atoms with Crippen molar-refractivity contribution in [3.05, 3.63) is 65.5 Å². The molecular formula is C23H27F2N3O. The van der Waals surface area contributed by atoms with Crippen LogP contribution in [0.4, 0.5) is 8.78 Å². The summed E-state index contributed by atoms with van der Waals surface area (Å²) in [5.41, 5.74) is 1.48. The number of rotatable bonds is 9. The van der Waals surface area contributed by atoms with Gasteiger partial charge in [-0.25, -0.2) is 13.8 Å². The van der Waals surface area contributed by atoms with Gasteiger partial charge in [-0.3, -0.25) is 4.79 Å². The van der Waals surface area contributed by atoms with Gasteiger partial charge in [-0.1, -0.05) is 38.8 Å². The Morgan fingerprint density at radius 2 is 1.86 bits per heavy atom. The number of unbranched alkanes of at least 4 members (excludes halogenated alkanes) is 2. The van der Waals surface area contributed by atoms with E-state index in [-0.39, 0.29) is 23.8 Å². The van der Waals surface area contributed by atoms with Crippen molar-refractivity contribution in [3.63, 3.8) is 0 Å². The SMILES string of the molecule is CCCCCN(Cc1nc2ccc(F)cc2n1CCC)C(=O)c1ccccc1F. The highest BCUT2D eigenvalue weighted by Crippen LogP contribution is 2.21. The largest absolute Gasteiger partial charge is 0.331 e. The van der Waals surface area contributed by atoms with Gasteiger partial charge in [0.1, 0.15) is 17.5 Å². The van der Waals surface area contributed by atoms with E-state index in [0.717, 1.165) is 25.7 Å². The number of hydrogen-bond donors (Lipinski definition) is 0. The van der Waals surface area contributed by atoms with Gasteiger partial charge in [0, 0.05) is 13.1 Å². The second-order valence-electron chi connectivity index (χ2n) is 7.23. The summed E-state index contributed by atoms with van der Waals surface area (Å²) in [7, 11) is 0. The molecule has 6 heteroatoms. The van der Waals surface area contributed by atoms with Crippen molar-refractivity contribution >= 4 is 16.9 Å². The molecule has 0 aliphatic rings. The van der Waals surface area contributed by atoms with Crippen LogP contribution in [0.25, 0.3) is 11.0 Å². The lowest BCUT2D eigenvalue weighted by molar-refractivity contribution is 0.0729. The van der Waals surface area contributed by atoms with E-state index < -0.39 is 5.82 Å². The van der Waals surface area contributed by atoms with Crippen LogP contribution in [-0.2, 0) is 13.1 Å². The second kappa shape index (κ2) is 9.63. The van der Waals surface area contributed by atoms with E-state index in [1.54, 1.807) is 23.1 Å². The van der Waals surface area contributed by atoms with E-state index in [0.29, 0.717) is 29.9 Å². The average molecular weight is 399 g/mol. The molecule has 3 aromatic rings. The molecule has 0 bridgehead atoms. The van der Waals surface area contributed by atoms with Gasteiger partial charge in [0.2, 0.25) is 0 Å². The van der Waals surface area contributed by atoms with Gasteiger partial charge < -0.3 is 9.47 Å². The molecule has 0 N–H and O–H groups in total. The van der Waals surface area contributed by atoms with Crippen LogP contribution in [-0.4, -0.2) is 26.9 Å². The summed E-state index contributed by atoms with van der Waals surface area (Å²) in [4.78, 5) is 19.4. The van der Waals surface area contributed by atoms with Crippen LogP contribution in [0.1, 0.15) is 55.7 Å². The van der Waals surface area contributed by atoms with Crippen molar-refractivity contribution in [2.24, 2.45) is 0 Å². The summed E-state index contributed by atoms with van der Waals surface area (Å²) >= 11 is 0. The Bertz CT molecular complexity index is 983. The number of imidazole rings is 1. The highest BCUT2D eigenvalue weighted by molar-refractivity contribution is 5.94. The number of amides is 1. The van der Waals surface area contributed by atoms with Crippen LogP contribution in [0.5, 0.6) is 0 Å². The number of hydrogen-bond acceptors (Lipinski definition) is 2. The maximum atomic E-state index is 14.2. The summed E-state index contributed by atoms with van der Waals surface area (Å²) in [6.45, 7) is 5.58. The zero-order valence-corrected chi connectivity index (χ0v) is 17.0. The van der Waals surface area contributed by atoms with E-state index >= 15 is 0 Å². The van der Waals surface area contributed by atoms with Crippen molar-refractivity contribution in [2.75, 3.05) is 6.54 Å². The zero-order chi connectivity index (χ0) is 20.8. The molecule has 0 aliphatic heterocycles.